The molecule has 0 saturated carbocycles. The summed E-state index contributed by atoms with van der Waals surface area (Å²) in [6.07, 6.45) is -25.4. The number of rotatable bonds is 13. The summed E-state index contributed by atoms with van der Waals surface area (Å²) in [5.41, 5.74) is 0. The van der Waals surface area contributed by atoms with Gasteiger partial charge in [0, 0.05) is 0 Å². The summed E-state index contributed by atoms with van der Waals surface area (Å²) in [6.45, 7) is 13.2. The first-order valence-corrected chi connectivity index (χ1v) is 16.1. The van der Waals surface area contributed by atoms with Crippen LogP contribution in [0.15, 0.2) is 0 Å². The van der Waals surface area contributed by atoms with Crippen molar-refractivity contribution >= 4 is 17.9 Å². The van der Waals surface area contributed by atoms with Gasteiger partial charge < -0.3 is 83.9 Å². The van der Waals surface area contributed by atoms with E-state index < -0.39 is 122 Å². The van der Waals surface area contributed by atoms with Crippen LogP contribution in [-0.4, -0.2) is 180 Å². The van der Waals surface area contributed by atoms with Crippen LogP contribution >= 0.6 is 0 Å². The second-order valence-corrected chi connectivity index (χ2v) is 13.0. The smallest absolute Gasteiger partial charge is 0.335 e. The maximum Gasteiger partial charge on any atom is 0.335 e. The van der Waals surface area contributed by atoms with Crippen LogP contribution in [0.2, 0.25) is 0 Å². The second kappa shape index (κ2) is 19.1. The number of aliphatic hydroxyl groups excluding tert-OH is 6. The lowest BCUT2D eigenvalue weighted by molar-refractivity contribution is -0.355. The number of carbonyl (C=O) groups is 3. The van der Waals surface area contributed by atoms with Gasteiger partial charge >= 0.3 is 17.9 Å². The minimum Gasteiger partial charge on any atom is -0.479 e. The summed E-state index contributed by atoms with van der Waals surface area (Å²) in [7, 11) is 0. The molecule has 0 spiro atoms. The Kier molecular flexibility index (Phi) is 16.8. The number of hydrogen-bond donors (Lipinski definition) is 9. The fourth-order valence-corrected chi connectivity index (χ4v) is 5.22. The molecule has 0 aromatic rings. The Balaban J connectivity index is 0.000000391. The maximum atomic E-state index is 11.7. The first kappa shape index (κ1) is 44.0. The van der Waals surface area contributed by atoms with Gasteiger partial charge in [-0.3, -0.25) is 0 Å². The molecule has 3 fully saturated rings. The molecule has 0 aromatic heterocycles. The van der Waals surface area contributed by atoms with Gasteiger partial charge in [-0.25, -0.2) is 14.4 Å². The molecule has 3 heterocycles. The van der Waals surface area contributed by atoms with Gasteiger partial charge in [0.2, 0.25) is 0 Å². The normalized spacial score (nSPS) is 39.4. The van der Waals surface area contributed by atoms with Gasteiger partial charge in [0.05, 0.1) is 24.4 Å². The third-order valence-electron chi connectivity index (χ3n) is 7.33. The number of hydrogen-bond acceptors (Lipinski definition) is 17. The Bertz CT molecular complexity index is 1090. The van der Waals surface area contributed by atoms with Crippen molar-refractivity contribution in [3.8, 4) is 0 Å². The molecule has 3 aliphatic heterocycles. The van der Waals surface area contributed by atoms with Crippen molar-refractivity contribution in [1.82, 2.24) is 0 Å². The maximum absolute atomic E-state index is 11.7. The Labute approximate surface area is 288 Å². The van der Waals surface area contributed by atoms with Crippen LogP contribution in [0.25, 0.3) is 0 Å². The minimum absolute atomic E-state index is 0.274. The van der Waals surface area contributed by atoms with E-state index >= 15 is 0 Å². The van der Waals surface area contributed by atoms with Crippen LogP contribution in [0.5, 0.6) is 0 Å². The van der Waals surface area contributed by atoms with E-state index in [1.165, 1.54) is 0 Å². The molecule has 0 amide bonds. The summed E-state index contributed by atoms with van der Waals surface area (Å²) in [6, 6.07) is 0. The summed E-state index contributed by atoms with van der Waals surface area (Å²) >= 11 is 0. The average molecular weight is 733 g/mol. The van der Waals surface area contributed by atoms with Crippen LogP contribution in [0.4, 0.5) is 0 Å². The fourth-order valence-electron chi connectivity index (χ4n) is 5.22. The highest BCUT2D eigenvalue weighted by molar-refractivity contribution is 5.74. The number of ether oxygens (including phenoxy) is 8. The van der Waals surface area contributed by atoms with Crippen LogP contribution in [-0.2, 0) is 52.3 Å². The number of aliphatic hydroxyl groups is 6. The number of carboxylic acid groups (broad SMARTS) is 3. The van der Waals surface area contributed by atoms with Crippen LogP contribution < -0.4 is 0 Å². The standard InChI is InChI=1S/C18H30O13.C12H22O7/c1-5(2)27-11-7(19)10(22)18(31-13(11)15(23)24)29-12-8(20)9(21)17(28-6(3)4)30-14(12)16(25)26;1-5(2)17-9-7(13)8(14)12(18-6(3)4)19-10(9)11(15)16/h5-14,17-22H,1-4H3,(H,23,24)(H,25,26);5-10,12-14H,1-4H3,(H,15,16)/t7-,8-,9?,10?,11+,12+,13?,14?,17-,18-;7-,8+,9+,10?,12-/m11/s1. The second-order valence-electron chi connectivity index (χ2n) is 13.0. The van der Waals surface area contributed by atoms with E-state index in [9.17, 15) is 55.2 Å². The molecule has 5 unspecified atom stereocenters. The molecule has 50 heavy (non-hydrogen) atoms. The van der Waals surface area contributed by atoms with Gasteiger partial charge in [-0.2, -0.15) is 0 Å². The first-order valence-electron chi connectivity index (χ1n) is 16.1. The van der Waals surface area contributed by atoms with Crippen LogP contribution in [0.3, 0.4) is 0 Å². The van der Waals surface area contributed by atoms with Gasteiger partial charge in [-0.05, 0) is 55.4 Å². The zero-order chi connectivity index (χ0) is 38.4. The third kappa shape index (κ3) is 11.4. The number of aliphatic carboxylic acids is 3. The van der Waals surface area contributed by atoms with E-state index in [1.54, 1.807) is 55.4 Å². The molecule has 0 radical (unpaired) electrons. The van der Waals surface area contributed by atoms with Crippen molar-refractivity contribution in [3.05, 3.63) is 0 Å². The molecule has 0 aromatic carbocycles. The van der Waals surface area contributed by atoms with Gasteiger partial charge in [0.15, 0.2) is 37.2 Å². The molecule has 0 bridgehead atoms. The van der Waals surface area contributed by atoms with Gasteiger partial charge in [-0.15, -0.1) is 0 Å². The molecule has 0 aliphatic carbocycles. The summed E-state index contributed by atoms with van der Waals surface area (Å²) < 4.78 is 42.2. The lowest BCUT2D eigenvalue weighted by atomic mass is 9.96. The highest BCUT2D eigenvalue weighted by Gasteiger charge is 2.55. The zero-order valence-corrected chi connectivity index (χ0v) is 29.0. The number of carboxylic acids is 3. The third-order valence-corrected chi connectivity index (χ3v) is 7.33. The molecular weight excluding hydrogens is 680 g/mol. The van der Waals surface area contributed by atoms with Crippen molar-refractivity contribution < 1.29 is 98.2 Å². The monoisotopic (exact) mass is 732 g/mol. The van der Waals surface area contributed by atoms with E-state index in [2.05, 4.69) is 0 Å². The molecule has 20 heteroatoms. The summed E-state index contributed by atoms with van der Waals surface area (Å²) in [5.74, 6) is -4.37. The van der Waals surface area contributed by atoms with Gasteiger partial charge in [-0.1, -0.05) is 0 Å². The van der Waals surface area contributed by atoms with E-state index in [4.69, 9.17) is 43.0 Å². The highest BCUT2D eigenvalue weighted by atomic mass is 16.8. The molecule has 20 nitrogen and oxygen atoms in total. The topological polar surface area (TPSA) is 307 Å². The summed E-state index contributed by atoms with van der Waals surface area (Å²) in [5, 5.41) is 89.3. The highest BCUT2D eigenvalue weighted by Crippen LogP contribution is 2.32. The van der Waals surface area contributed by atoms with E-state index in [0.717, 1.165) is 0 Å². The van der Waals surface area contributed by atoms with Gasteiger partial charge in [0.25, 0.3) is 0 Å². The largest absolute Gasteiger partial charge is 0.479 e. The van der Waals surface area contributed by atoms with Crippen molar-refractivity contribution in [2.45, 2.75) is 172 Å². The van der Waals surface area contributed by atoms with Crippen molar-refractivity contribution in [3.63, 3.8) is 0 Å². The Morgan fingerprint density at radius 3 is 0.980 bits per heavy atom. The first-order chi connectivity index (χ1) is 23.1. The molecule has 3 rings (SSSR count). The molecule has 9 N–H and O–H groups in total. The molecule has 292 valence electrons. The van der Waals surface area contributed by atoms with E-state index in [0.29, 0.717) is 0 Å². The average Bonchev–Trinajstić information content (AvgIpc) is 2.99. The van der Waals surface area contributed by atoms with Crippen molar-refractivity contribution in [2.24, 2.45) is 0 Å². The molecule has 15 atom stereocenters. The molecule has 3 aliphatic rings. The Morgan fingerprint density at radius 1 is 0.420 bits per heavy atom. The molecular formula is C30H52O20. The van der Waals surface area contributed by atoms with Gasteiger partial charge in [0.1, 0.15) is 54.9 Å². The SMILES string of the molecule is CC(C)O[C@@H]1OC(C(=O)O)[C@@H](OC(C)C)[C@H](O)[C@@H]1O.CC(C)O[C@@H]1OC(C(=O)O)[C@@H](O[C@@H]2OC(C(=O)O)[C@@H](OC(C)C)[C@H](O)C2O)[C@H](O)C1O. The van der Waals surface area contributed by atoms with Crippen molar-refractivity contribution in [2.75, 3.05) is 0 Å². The lowest BCUT2D eigenvalue weighted by Crippen LogP contribution is -2.66. The predicted molar refractivity (Wildman–Crippen MR) is 162 cm³/mol. The predicted octanol–water partition coefficient (Wildman–Crippen LogP) is -2.61. The van der Waals surface area contributed by atoms with Crippen molar-refractivity contribution in [1.29, 1.82) is 0 Å². The molecule has 3 saturated heterocycles. The minimum atomic E-state index is -1.87. The quantitative estimate of drug-likeness (QED) is 0.0937. The zero-order valence-electron chi connectivity index (χ0n) is 29.0. The Hall–Kier alpha value is -2.15. The fraction of sp³-hybridized carbons (Fsp3) is 0.900. The van der Waals surface area contributed by atoms with Crippen LogP contribution in [0, 0.1) is 0 Å². The lowest BCUT2D eigenvalue weighted by Gasteiger charge is -2.45. The van der Waals surface area contributed by atoms with E-state index in [1.807, 2.05) is 0 Å². The summed E-state index contributed by atoms with van der Waals surface area (Å²) in [4.78, 5) is 34.4. The Morgan fingerprint density at radius 2 is 0.680 bits per heavy atom. The van der Waals surface area contributed by atoms with Crippen LogP contribution in [0.1, 0.15) is 55.4 Å². The van der Waals surface area contributed by atoms with E-state index in [-0.39, 0.29) is 12.2 Å².